The summed E-state index contributed by atoms with van der Waals surface area (Å²) in [7, 11) is 0. The van der Waals surface area contributed by atoms with Gasteiger partial charge in [0.15, 0.2) is 0 Å². The van der Waals surface area contributed by atoms with Gasteiger partial charge in [-0.1, -0.05) is 62.1 Å². The highest BCUT2D eigenvalue weighted by molar-refractivity contribution is 6.05. The number of hydrogen-bond acceptors (Lipinski definition) is 1. The number of hydrogen-bond donors (Lipinski definition) is 0. The minimum Gasteiger partial charge on any atom is -0.456 e. The predicted octanol–water partition coefficient (Wildman–Crippen LogP) is 9.98. The summed E-state index contributed by atoms with van der Waals surface area (Å²) in [5, 5.41) is 2.63. The average Bonchev–Trinajstić information content (AvgIpc) is 3.35. The minimum atomic E-state index is 0.688. The number of para-hydroxylation sites is 2. The maximum absolute atomic E-state index is 6.56. The van der Waals surface area contributed by atoms with Crippen LogP contribution < -0.4 is 0 Å². The van der Waals surface area contributed by atoms with E-state index in [9.17, 15) is 0 Å². The maximum Gasteiger partial charge on any atom is 0.138 e. The van der Waals surface area contributed by atoms with E-state index in [1.165, 1.54) is 60.4 Å². The van der Waals surface area contributed by atoms with Crippen LogP contribution in [0.3, 0.4) is 0 Å². The van der Waals surface area contributed by atoms with Crippen LogP contribution in [0.1, 0.15) is 95.0 Å². The van der Waals surface area contributed by atoms with Crippen LogP contribution in [0.15, 0.2) is 46.9 Å². The fourth-order valence-corrected chi connectivity index (χ4v) is 12.6. The van der Waals surface area contributed by atoms with Gasteiger partial charge in [-0.05, 0) is 135 Å². The molecule has 6 fully saturated rings. The van der Waals surface area contributed by atoms with Crippen molar-refractivity contribution in [2.75, 3.05) is 0 Å². The van der Waals surface area contributed by atoms with E-state index in [-0.39, 0.29) is 0 Å². The van der Waals surface area contributed by atoms with Crippen molar-refractivity contribution in [3.05, 3.63) is 48.0 Å². The predicted molar refractivity (Wildman–Crippen MR) is 151 cm³/mol. The molecular formula is C36H44O. The molecule has 0 amide bonds. The molecule has 6 aliphatic carbocycles. The second kappa shape index (κ2) is 8.37. The largest absolute Gasteiger partial charge is 0.456 e. The molecule has 1 heteroatoms. The molecule has 11 unspecified atom stereocenters. The van der Waals surface area contributed by atoms with E-state index in [0.717, 1.165) is 64.8 Å². The SMILES string of the molecule is c1ccc2c(c1)oc1c(C3CCC4C(C3)C3CCCC5C6CCCCC6C6CCCC4C6C53)cccc12. The lowest BCUT2D eigenvalue weighted by Gasteiger charge is -2.67. The van der Waals surface area contributed by atoms with Crippen LogP contribution in [0.5, 0.6) is 0 Å². The first kappa shape index (κ1) is 22.1. The molecule has 1 nitrogen and oxygen atoms in total. The Labute approximate surface area is 222 Å². The molecule has 0 bridgehead atoms. The molecule has 0 radical (unpaired) electrons. The van der Waals surface area contributed by atoms with Crippen molar-refractivity contribution in [2.45, 2.75) is 89.4 Å². The van der Waals surface area contributed by atoms with Crippen LogP contribution in [0.2, 0.25) is 0 Å². The topological polar surface area (TPSA) is 13.1 Å². The molecular weight excluding hydrogens is 448 g/mol. The highest BCUT2D eigenvalue weighted by Crippen LogP contribution is 2.69. The molecule has 2 aromatic carbocycles. The summed E-state index contributed by atoms with van der Waals surface area (Å²) >= 11 is 0. The van der Waals surface area contributed by atoms with Gasteiger partial charge in [0.25, 0.3) is 0 Å². The van der Waals surface area contributed by atoms with E-state index >= 15 is 0 Å². The smallest absolute Gasteiger partial charge is 0.138 e. The number of fused-ring (bicyclic) bond motifs is 9. The molecule has 1 heterocycles. The monoisotopic (exact) mass is 492 g/mol. The zero-order valence-electron chi connectivity index (χ0n) is 22.5. The van der Waals surface area contributed by atoms with Crippen LogP contribution in [0.25, 0.3) is 21.9 Å². The molecule has 6 saturated carbocycles. The van der Waals surface area contributed by atoms with Gasteiger partial charge in [-0.3, -0.25) is 0 Å². The Hall–Kier alpha value is -1.76. The second-order valence-electron chi connectivity index (χ2n) is 14.4. The molecule has 11 atom stereocenters. The van der Waals surface area contributed by atoms with Crippen molar-refractivity contribution in [3.63, 3.8) is 0 Å². The Morgan fingerprint density at radius 3 is 1.81 bits per heavy atom. The summed E-state index contributed by atoms with van der Waals surface area (Å²) in [6, 6.07) is 15.7. The van der Waals surface area contributed by atoms with Gasteiger partial charge >= 0.3 is 0 Å². The van der Waals surface area contributed by atoms with E-state index in [2.05, 4.69) is 42.5 Å². The van der Waals surface area contributed by atoms with Gasteiger partial charge in [0.2, 0.25) is 0 Å². The molecule has 0 saturated heterocycles. The summed E-state index contributed by atoms with van der Waals surface area (Å²) in [6.07, 6.45) is 19.9. The lowest BCUT2D eigenvalue weighted by atomic mass is 9.37. The maximum atomic E-state index is 6.56. The third-order valence-electron chi connectivity index (χ3n) is 13.5. The first-order valence-corrected chi connectivity index (χ1v) is 16.3. The van der Waals surface area contributed by atoms with Gasteiger partial charge in [-0.15, -0.1) is 0 Å². The zero-order valence-corrected chi connectivity index (χ0v) is 22.5. The van der Waals surface area contributed by atoms with Crippen LogP contribution in [0.4, 0.5) is 0 Å². The van der Waals surface area contributed by atoms with Crippen LogP contribution in [0, 0.1) is 59.2 Å². The molecule has 37 heavy (non-hydrogen) atoms. The van der Waals surface area contributed by atoms with E-state index in [4.69, 9.17) is 4.42 Å². The normalized spacial score (nSPS) is 44.7. The van der Waals surface area contributed by atoms with Crippen molar-refractivity contribution < 1.29 is 4.42 Å². The highest BCUT2D eigenvalue weighted by atomic mass is 16.3. The molecule has 0 N–H and O–H groups in total. The van der Waals surface area contributed by atoms with Crippen molar-refractivity contribution in [1.29, 1.82) is 0 Å². The van der Waals surface area contributed by atoms with E-state index < -0.39 is 0 Å². The van der Waals surface area contributed by atoms with Crippen molar-refractivity contribution >= 4 is 21.9 Å². The number of benzene rings is 2. The van der Waals surface area contributed by atoms with E-state index in [1.807, 2.05) is 0 Å². The summed E-state index contributed by atoms with van der Waals surface area (Å²) in [4.78, 5) is 0. The molecule has 0 spiro atoms. The Balaban J connectivity index is 1.10. The van der Waals surface area contributed by atoms with Crippen LogP contribution in [-0.2, 0) is 0 Å². The zero-order chi connectivity index (χ0) is 24.1. The molecule has 194 valence electrons. The van der Waals surface area contributed by atoms with Gasteiger partial charge in [0.1, 0.15) is 11.2 Å². The number of rotatable bonds is 1. The third kappa shape index (κ3) is 3.09. The molecule has 9 rings (SSSR count). The van der Waals surface area contributed by atoms with Crippen LogP contribution in [-0.4, -0.2) is 0 Å². The minimum absolute atomic E-state index is 0.688. The lowest BCUT2D eigenvalue weighted by Crippen LogP contribution is -2.61. The first-order valence-electron chi connectivity index (χ1n) is 16.3. The third-order valence-corrected chi connectivity index (χ3v) is 13.5. The Morgan fingerprint density at radius 2 is 1.08 bits per heavy atom. The summed E-state index contributed by atoms with van der Waals surface area (Å²) in [5.74, 6) is 11.4. The van der Waals surface area contributed by atoms with Gasteiger partial charge in [-0.25, -0.2) is 0 Å². The average molecular weight is 493 g/mol. The lowest BCUT2D eigenvalue weighted by molar-refractivity contribution is -0.188. The summed E-state index contributed by atoms with van der Waals surface area (Å²) in [6.45, 7) is 0. The molecule has 6 aliphatic rings. The van der Waals surface area contributed by atoms with Crippen molar-refractivity contribution in [2.24, 2.45) is 59.2 Å². The molecule has 1 aromatic heterocycles. The van der Waals surface area contributed by atoms with E-state index in [1.54, 1.807) is 44.9 Å². The van der Waals surface area contributed by atoms with Crippen molar-refractivity contribution in [1.82, 2.24) is 0 Å². The molecule has 3 aromatic rings. The van der Waals surface area contributed by atoms with E-state index in [0.29, 0.717) is 5.92 Å². The van der Waals surface area contributed by atoms with Crippen LogP contribution >= 0.6 is 0 Å². The molecule has 0 aliphatic heterocycles. The van der Waals surface area contributed by atoms with Gasteiger partial charge in [-0.2, -0.15) is 0 Å². The fraction of sp³-hybridized carbons (Fsp3) is 0.667. The summed E-state index contributed by atoms with van der Waals surface area (Å²) < 4.78 is 6.56. The Bertz CT molecular complexity index is 1320. The second-order valence-corrected chi connectivity index (χ2v) is 14.4. The Kier molecular flexibility index (Phi) is 5.00. The van der Waals surface area contributed by atoms with Gasteiger partial charge in [0, 0.05) is 10.8 Å². The Morgan fingerprint density at radius 1 is 0.486 bits per heavy atom. The first-order chi connectivity index (χ1) is 18.4. The number of furan rings is 1. The fourth-order valence-electron chi connectivity index (χ4n) is 12.6. The van der Waals surface area contributed by atoms with Gasteiger partial charge in [0.05, 0.1) is 0 Å². The van der Waals surface area contributed by atoms with Crippen molar-refractivity contribution in [3.8, 4) is 0 Å². The van der Waals surface area contributed by atoms with Gasteiger partial charge < -0.3 is 4.42 Å². The highest BCUT2D eigenvalue weighted by Gasteiger charge is 2.62. The standard InChI is InChI=1S/C36H44O/c1-2-9-24-23(8-1)27-12-6-14-29-25-19-18-21(20-32(25)30-15-7-13-28(24)35(30)34(27)29)22-11-5-16-31-26-10-3-4-17-33(26)37-36(22)31/h3-5,10-11,16-17,21,23-25,27-30,32,34-35H,1-2,6-9,12-15,18-20H2. The summed E-state index contributed by atoms with van der Waals surface area (Å²) in [5.41, 5.74) is 3.79. The quantitative estimate of drug-likeness (QED) is 0.329.